The minimum atomic E-state index is -0.425. The van der Waals surface area contributed by atoms with Crippen LogP contribution in [0.1, 0.15) is 16.8 Å². The topological polar surface area (TPSA) is 118 Å². The van der Waals surface area contributed by atoms with Gasteiger partial charge in [-0.3, -0.25) is 9.59 Å². The molecule has 30 heavy (non-hydrogen) atoms. The van der Waals surface area contributed by atoms with E-state index >= 15 is 0 Å². The zero-order valence-corrected chi connectivity index (χ0v) is 17.0. The fourth-order valence-corrected chi connectivity index (χ4v) is 2.50. The average Bonchev–Trinajstić information content (AvgIpc) is 2.74. The Morgan fingerprint density at radius 2 is 1.60 bits per heavy atom. The van der Waals surface area contributed by atoms with E-state index in [-0.39, 0.29) is 24.8 Å². The van der Waals surface area contributed by atoms with Crippen molar-refractivity contribution in [2.24, 2.45) is 0 Å². The Bertz CT molecular complexity index is 855. The highest BCUT2D eigenvalue weighted by Gasteiger charge is 2.13. The van der Waals surface area contributed by atoms with Gasteiger partial charge in [0.25, 0.3) is 5.91 Å². The molecule has 2 aromatic rings. The van der Waals surface area contributed by atoms with Crippen molar-refractivity contribution in [3.05, 3.63) is 54.1 Å². The number of rotatable bonds is 10. The molecule has 9 nitrogen and oxygen atoms in total. The van der Waals surface area contributed by atoms with Crippen LogP contribution >= 0.6 is 0 Å². The van der Waals surface area contributed by atoms with Gasteiger partial charge in [-0.1, -0.05) is 12.1 Å². The molecule has 160 valence electrons. The lowest BCUT2D eigenvalue weighted by Crippen LogP contribution is -2.32. The van der Waals surface area contributed by atoms with Crippen LogP contribution < -0.4 is 26.0 Å². The van der Waals surface area contributed by atoms with Crippen LogP contribution in [0.15, 0.2) is 48.5 Å². The lowest BCUT2D eigenvalue weighted by molar-refractivity contribution is -0.116. The van der Waals surface area contributed by atoms with E-state index < -0.39 is 6.03 Å². The van der Waals surface area contributed by atoms with Crippen molar-refractivity contribution < 1.29 is 23.9 Å². The predicted octanol–water partition coefficient (Wildman–Crippen LogP) is 2.22. The summed E-state index contributed by atoms with van der Waals surface area (Å²) < 4.78 is 9.96. The molecule has 0 aliphatic carbocycles. The molecular formula is C21H26N4O5. The molecule has 4 N–H and O–H groups in total. The molecule has 2 rings (SSSR count). The van der Waals surface area contributed by atoms with Crippen LogP contribution in [0.25, 0.3) is 0 Å². The van der Waals surface area contributed by atoms with E-state index in [0.717, 1.165) is 0 Å². The molecule has 0 aliphatic heterocycles. The summed E-state index contributed by atoms with van der Waals surface area (Å²) in [5, 5.41) is 10.7. The Balaban J connectivity index is 1.79. The molecule has 0 aromatic heterocycles. The van der Waals surface area contributed by atoms with Crippen LogP contribution in [0.4, 0.5) is 16.2 Å². The summed E-state index contributed by atoms with van der Waals surface area (Å²) in [5.74, 6) is 0.0575. The Labute approximate surface area is 175 Å². The first-order chi connectivity index (χ1) is 14.5. The number of carbonyl (C=O) groups excluding carboxylic acids is 3. The largest absolute Gasteiger partial charge is 0.497 e. The Morgan fingerprint density at radius 1 is 0.867 bits per heavy atom. The Hall–Kier alpha value is -3.59. The van der Waals surface area contributed by atoms with Crippen LogP contribution in [-0.2, 0) is 9.53 Å². The summed E-state index contributed by atoms with van der Waals surface area (Å²) >= 11 is 0. The molecule has 0 unspecified atom stereocenters. The molecule has 0 heterocycles. The molecule has 0 saturated carbocycles. The summed E-state index contributed by atoms with van der Waals surface area (Å²) in [6, 6.07) is 13.2. The Morgan fingerprint density at radius 3 is 2.30 bits per heavy atom. The second-order valence-electron chi connectivity index (χ2n) is 6.20. The van der Waals surface area contributed by atoms with E-state index in [2.05, 4.69) is 21.3 Å². The molecule has 0 radical (unpaired) electrons. The summed E-state index contributed by atoms with van der Waals surface area (Å²) in [5.41, 5.74) is 1.36. The number of benzene rings is 2. The maximum Gasteiger partial charge on any atom is 0.319 e. The first-order valence-electron chi connectivity index (χ1n) is 9.38. The van der Waals surface area contributed by atoms with Gasteiger partial charge in [0.05, 0.1) is 25.0 Å². The van der Waals surface area contributed by atoms with Gasteiger partial charge in [-0.05, 0) is 36.4 Å². The maximum atomic E-state index is 12.2. The monoisotopic (exact) mass is 414 g/mol. The number of para-hydroxylation sites is 1. The number of hydrogen-bond acceptors (Lipinski definition) is 5. The molecule has 0 saturated heterocycles. The van der Waals surface area contributed by atoms with E-state index in [9.17, 15) is 14.4 Å². The van der Waals surface area contributed by atoms with Gasteiger partial charge in [-0.25, -0.2) is 4.79 Å². The van der Waals surface area contributed by atoms with Crippen molar-refractivity contribution in [2.75, 3.05) is 44.5 Å². The molecule has 2 aromatic carbocycles. The highest BCUT2D eigenvalue weighted by atomic mass is 16.5. The van der Waals surface area contributed by atoms with Crippen molar-refractivity contribution in [3.63, 3.8) is 0 Å². The summed E-state index contributed by atoms with van der Waals surface area (Å²) in [4.78, 5) is 36.4. The average molecular weight is 414 g/mol. The maximum absolute atomic E-state index is 12.2. The highest BCUT2D eigenvalue weighted by Crippen LogP contribution is 2.16. The third-order valence-electron chi connectivity index (χ3n) is 4.02. The minimum absolute atomic E-state index is 0.0513. The van der Waals surface area contributed by atoms with Gasteiger partial charge in [-0.2, -0.15) is 0 Å². The SMILES string of the molecule is COCCNC(=O)c1ccccc1NC(=O)CCNC(=O)Nc1ccc(OC)cc1. The lowest BCUT2D eigenvalue weighted by Gasteiger charge is -2.12. The number of methoxy groups -OCH3 is 2. The zero-order valence-electron chi connectivity index (χ0n) is 17.0. The number of carbonyl (C=O) groups is 3. The standard InChI is InChI=1S/C21H26N4O5/c1-29-14-13-22-20(27)17-5-3-4-6-18(17)25-19(26)11-12-23-21(28)24-15-7-9-16(30-2)10-8-15/h3-10H,11-14H2,1-2H3,(H,22,27)(H,25,26)(H2,23,24,28). The van der Waals surface area contributed by atoms with Crippen LogP contribution in [-0.4, -0.2) is 51.8 Å². The Kier molecular flexibility index (Phi) is 9.14. The third-order valence-corrected chi connectivity index (χ3v) is 4.02. The van der Waals surface area contributed by atoms with Gasteiger partial charge < -0.3 is 30.7 Å². The van der Waals surface area contributed by atoms with E-state index in [4.69, 9.17) is 9.47 Å². The summed E-state index contributed by atoms with van der Waals surface area (Å²) in [6.07, 6.45) is 0.0513. The molecule has 4 amide bonds. The smallest absolute Gasteiger partial charge is 0.319 e. The van der Waals surface area contributed by atoms with Crippen molar-refractivity contribution >= 4 is 29.2 Å². The molecule has 0 bridgehead atoms. The molecular weight excluding hydrogens is 388 g/mol. The van der Waals surface area contributed by atoms with E-state index in [1.807, 2.05) is 0 Å². The normalized spacial score (nSPS) is 10.1. The molecule has 0 fully saturated rings. The van der Waals surface area contributed by atoms with Crippen LogP contribution in [0.5, 0.6) is 5.75 Å². The number of urea groups is 1. The molecule has 9 heteroatoms. The highest BCUT2D eigenvalue weighted by molar-refractivity contribution is 6.03. The number of nitrogens with one attached hydrogen (secondary N) is 4. The van der Waals surface area contributed by atoms with Crippen LogP contribution in [0.2, 0.25) is 0 Å². The van der Waals surface area contributed by atoms with Gasteiger partial charge in [0, 0.05) is 32.3 Å². The van der Waals surface area contributed by atoms with Crippen molar-refractivity contribution in [1.29, 1.82) is 0 Å². The van der Waals surface area contributed by atoms with Gasteiger partial charge in [0.15, 0.2) is 0 Å². The summed E-state index contributed by atoms with van der Waals surface area (Å²) in [7, 11) is 3.11. The zero-order chi connectivity index (χ0) is 21.8. The molecule has 0 aliphatic rings. The van der Waals surface area contributed by atoms with Crippen molar-refractivity contribution in [1.82, 2.24) is 10.6 Å². The lowest BCUT2D eigenvalue weighted by atomic mass is 10.1. The summed E-state index contributed by atoms with van der Waals surface area (Å²) in [6.45, 7) is 0.894. The minimum Gasteiger partial charge on any atom is -0.497 e. The predicted molar refractivity (Wildman–Crippen MR) is 114 cm³/mol. The van der Waals surface area contributed by atoms with E-state index in [1.54, 1.807) is 62.8 Å². The van der Waals surface area contributed by atoms with Gasteiger partial charge >= 0.3 is 6.03 Å². The quantitative estimate of drug-likeness (QED) is 0.445. The van der Waals surface area contributed by atoms with Gasteiger partial charge in [0.2, 0.25) is 5.91 Å². The molecule has 0 spiro atoms. The van der Waals surface area contributed by atoms with Crippen molar-refractivity contribution in [2.45, 2.75) is 6.42 Å². The van der Waals surface area contributed by atoms with Crippen molar-refractivity contribution in [3.8, 4) is 5.75 Å². The molecule has 0 atom stereocenters. The van der Waals surface area contributed by atoms with Crippen LogP contribution in [0, 0.1) is 0 Å². The van der Waals surface area contributed by atoms with E-state index in [0.29, 0.717) is 35.8 Å². The second-order valence-corrected chi connectivity index (χ2v) is 6.20. The van der Waals surface area contributed by atoms with Gasteiger partial charge in [0.1, 0.15) is 5.75 Å². The van der Waals surface area contributed by atoms with E-state index in [1.165, 1.54) is 0 Å². The number of amides is 4. The number of anilines is 2. The fraction of sp³-hybridized carbons (Fsp3) is 0.286. The number of hydrogen-bond donors (Lipinski definition) is 4. The van der Waals surface area contributed by atoms with Gasteiger partial charge in [-0.15, -0.1) is 0 Å². The third kappa shape index (κ3) is 7.44. The van der Waals surface area contributed by atoms with Crippen LogP contribution in [0.3, 0.4) is 0 Å². The first-order valence-corrected chi connectivity index (χ1v) is 9.38. The second kappa shape index (κ2) is 12.1. The number of ether oxygens (including phenoxy) is 2. The fourth-order valence-electron chi connectivity index (χ4n) is 2.50. The first kappa shape index (κ1) is 22.7.